The summed E-state index contributed by atoms with van der Waals surface area (Å²) >= 11 is 8.12. The smallest absolute Gasteiger partial charge is 0.239 e. The number of halogens is 3. The van der Waals surface area contributed by atoms with Crippen LogP contribution in [0.4, 0.5) is 10.1 Å². The fourth-order valence-electron chi connectivity index (χ4n) is 0.824. The van der Waals surface area contributed by atoms with Gasteiger partial charge in [-0.05, 0) is 28.1 Å². The number of benzene rings is 1. The summed E-state index contributed by atoms with van der Waals surface area (Å²) in [6.45, 7) is 0. The second-order valence-corrected chi connectivity index (χ2v) is 3.56. The van der Waals surface area contributed by atoms with Crippen LogP contribution < -0.4 is 5.32 Å². The lowest BCUT2D eigenvalue weighted by Crippen LogP contribution is -2.12. The van der Waals surface area contributed by atoms with Gasteiger partial charge in [0.05, 0.1) is 10.2 Å². The summed E-state index contributed by atoms with van der Waals surface area (Å²) < 4.78 is 13.2. The number of rotatable bonds is 2. The Balaban J connectivity index is 3.00. The van der Waals surface area contributed by atoms with Crippen LogP contribution in [-0.2, 0) is 4.79 Å². The average molecular weight is 282 g/mol. The molecule has 0 atom stereocenters. The first-order valence-corrected chi connectivity index (χ1v) is 4.91. The van der Waals surface area contributed by atoms with Gasteiger partial charge in [0, 0.05) is 0 Å². The van der Waals surface area contributed by atoms with Crippen molar-refractivity contribution in [2.75, 3.05) is 11.2 Å². The molecule has 0 heterocycles. The standard InChI is InChI=1S/C8H6BrClFNO2/c9-4-1-2-5(8(14)7(4)11)12-6(13)3-10/h1-2,14H,3H2,(H,12,13). The van der Waals surface area contributed by atoms with E-state index in [1.165, 1.54) is 12.1 Å². The predicted molar refractivity (Wildman–Crippen MR) is 55.1 cm³/mol. The van der Waals surface area contributed by atoms with E-state index < -0.39 is 17.5 Å². The first-order chi connectivity index (χ1) is 6.56. The van der Waals surface area contributed by atoms with Crippen LogP contribution >= 0.6 is 27.5 Å². The molecule has 76 valence electrons. The number of aromatic hydroxyl groups is 1. The number of phenols is 1. The van der Waals surface area contributed by atoms with E-state index in [1.807, 2.05) is 0 Å². The fourth-order valence-corrected chi connectivity index (χ4v) is 1.21. The number of nitrogens with one attached hydrogen (secondary N) is 1. The molecule has 2 N–H and O–H groups in total. The Morgan fingerprint density at radius 2 is 2.29 bits per heavy atom. The maximum Gasteiger partial charge on any atom is 0.239 e. The van der Waals surface area contributed by atoms with Gasteiger partial charge in [0.2, 0.25) is 5.91 Å². The minimum Gasteiger partial charge on any atom is -0.503 e. The van der Waals surface area contributed by atoms with Crippen LogP contribution in [-0.4, -0.2) is 16.9 Å². The fraction of sp³-hybridized carbons (Fsp3) is 0.125. The molecule has 0 fully saturated rings. The van der Waals surface area contributed by atoms with Crippen LogP contribution in [0.5, 0.6) is 5.75 Å². The van der Waals surface area contributed by atoms with E-state index in [2.05, 4.69) is 21.2 Å². The molecule has 3 nitrogen and oxygen atoms in total. The van der Waals surface area contributed by atoms with Crippen LogP contribution in [0.25, 0.3) is 0 Å². The third kappa shape index (κ3) is 2.36. The molecule has 1 rings (SSSR count). The lowest BCUT2D eigenvalue weighted by atomic mass is 10.3. The zero-order chi connectivity index (χ0) is 10.7. The van der Waals surface area contributed by atoms with Crippen LogP contribution in [0.1, 0.15) is 0 Å². The Morgan fingerprint density at radius 3 is 2.86 bits per heavy atom. The summed E-state index contributed by atoms with van der Waals surface area (Å²) in [4.78, 5) is 10.8. The molecule has 0 radical (unpaired) electrons. The minimum absolute atomic E-state index is 0.00338. The molecular formula is C8H6BrClFNO2. The van der Waals surface area contributed by atoms with Crippen LogP contribution in [0.2, 0.25) is 0 Å². The van der Waals surface area contributed by atoms with Crippen molar-refractivity contribution in [3.63, 3.8) is 0 Å². The molecule has 0 saturated heterocycles. The Labute approximate surface area is 93.0 Å². The van der Waals surface area contributed by atoms with Crippen molar-refractivity contribution < 1.29 is 14.3 Å². The SMILES string of the molecule is O=C(CCl)Nc1ccc(Br)c(F)c1O. The zero-order valence-corrected chi connectivity index (χ0v) is 9.19. The van der Waals surface area contributed by atoms with Gasteiger partial charge in [-0.25, -0.2) is 4.39 Å². The van der Waals surface area contributed by atoms with E-state index in [0.717, 1.165) is 0 Å². The van der Waals surface area contributed by atoms with Gasteiger partial charge in [-0.2, -0.15) is 0 Å². The topological polar surface area (TPSA) is 49.3 Å². The Hall–Kier alpha value is -0.810. The minimum atomic E-state index is -0.822. The van der Waals surface area contributed by atoms with E-state index in [1.54, 1.807) is 0 Å². The van der Waals surface area contributed by atoms with Crippen LogP contribution in [0.15, 0.2) is 16.6 Å². The summed E-state index contributed by atoms with van der Waals surface area (Å²) in [5, 5.41) is 11.5. The quantitative estimate of drug-likeness (QED) is 0.647. The molecule has 0 aliphatic rings. The highest BCUT2D eigenvalue weighted by molar-refractivity contribution is 9.10. The lowest BCUT2D eigenvalue weighted by molar-refractivity contribution is -0.113. The number of anilines is 1. The maximum atomic E-state index is 13.1. The molecule has 1 amide bonds. The number of carbonyl (C=O) groups excluding carboxylic acids is 1. The van der Waals surface area contributed by atoms with Crippen molar-refractivity contribution >= 4 is 39.1 Å². The van der Waals surface area contributed by atoms with Crippen molar-refractivity contribution in [3.8, 4) is 5.75 Å². The van der Waals surface area contributed by atoms with Crippen molar-refractivity contribution in [2.24, 2.45) is 0 Å². The molecule has 14 heavy (non-hydrogen) atoms. The average Bonchev–Trinajstić information content (AvgIpc) is 2.19. The van der Waals surface area contributed by atoms with Crippen LogP contribution in [0, 0.1) is 5.82 Å². The van der Waals surface area contributed by atoms with Crippen LogP contribution in [0.3, 0.4) is 0 Å². The van der Waals surface area contributed by atoms with Gasteiger partial charge in [-0.1, -0.05) is 0 Å². The van der Waals surface area contributed by atoms with Gasteiger partial charge in [0.25, 0.3) is 0 Å². The molecule has 1 aromatic rings. The van der Waals surface area contributed by atoms with E-state index in [4.69, 9.17) is 11.6 Å². The molecular weight excluding hydrogens is 276 g/mol. The van der Waals surface area contributed by atoms with Crippen molar-refractivity contribution in [1.82, 2.24) is 0 Å². The van der Waals surface area contributed by atoms with E-state index in [9.17, 15) is 14.3 Å². The molecule has 1 aromatic carbocycles. The van der Waals surface area contributed by atoms with Crippen molar-refractivity contribution in [3.05, 3.63) is 22.4 Å². The summed E-state index contributed by atoms with van der Waals surface area (Å²) in [6.07, 6.45) is 0. The normalized spacial score (nSPS) is 9.93. The third-order valence-corrected chi connectivity index (χ3v) is 2.32. The molecule has 0 aromatic heterocycles. The van der Waals surface area contributed by atoms with Gasteiger partial charge in [0.15, 0.2) is 11.6 Å². The summed E-state index contributed by atoms with van der Waals surface area (Å²) in [7, 11) is 0. The summed E-state index contributed by atoms with van der Waals surface area (Å²) in [6, 6.07) is 2.74. The zero-order valence-electron chi connectivity index (χ0n) is 6.85. The van der Waals surface area contributed by atoms with Gasteiger partial charge >= 0.3 is 0 Å². The molecule has 0 aliphatic heterocycles. The van der Waals surface area contributed by atoms with Gasteiger partial charge in [0.1, 0.15) is 5.88 Å². The molecule has 0 spiro atoms. The van der Waals surface area contributed by atoms with E-state index >= 15 is 0 Å². The lowest BCUT2D eigenvalue weighted by Gasteiger charge is -2.06. The molecule has 6 heteroatoms. The first-order valence-electron chi connectivity index (χ1n) is 3.59. The highest BCUT2D eigenvalue weighted by Gasteiger charge is 2.12. The van der Waals surface area contributed by atoms with Crippen molar-refractivity contribution in [1.29, 1.82) is 0 Å². The maximum absolute atomic E-state index is 13.1. The summed E-state index contributed by atoms with van der Waals surface area (Å²) in [5.41, 5.74) is -0.00338. The number of phenolic OH excluding ortho intramolecular Hbond substituents is 1. The van der Waals surface area contributed by atoms with Gasteiger partial charge in [-0.15, -0.1) is 11.6 Å². The molecule has 0 aliphatic carbocycles. The second kappa shape index (κ2) is 4.61. The van der Waals surface area contributed by atoms with Crippen molar-refractivity contribution in [2.45, 2.75) is 0 Å². The number of hydrogen-bond donors (Lipinski definition) is 2. The number of carbonyl (C=O) groups is 1. The van der Waals surface area contributed by atoms with E-state index in [0.29, 0.717) is 0 Å². The van der Waals surface area contributed by atoms with Gasteiger partial charge < -0.3 is 10.4 Å². The Morgan fingerprint density at radius 1 is 1.64 bits per heavy atom. The second-order valence-electron chi connectivity index (χ2n) is 2.44. The number of hydrogen-bond acceptors (Lipinski definition) is 2. The Kier molecular flexibility index (Phi) is 3.71. The highest BCUT2D eigenvalue weighted by atomic mass is 79.9. The summed E-state index contributed by atoms with van der Waals surface area (Å²) in [5.74, 6) is -2.20. The highest BCUT2D eigenvalue weighted by Crippen LogP contribution is 2.31. The Bertz CT molecular complexity index is 373. The number of alkyl halides is 1. The number of amides is 1. The van der Waals surface area contributed by atoms with E-state index in [-0.39, 0.29) is 16.0 Å². The first kappa shape index (κ1) is 11.3. The molecule has 0 saturated carbocycles. The monoisotopic (exact) mass is 281 g/mol. The third-order valence-electron chi connectivity index (χ3n) is 1.46. The molecule has 0 bridgehead atoms. The molecule has 0 unspecified atom stereocenters. The van der Waals surface area contributed by atoms with Gasteiger partial charge in [-0.3, -0.25) is 4.79 Å². The largest absolute Gasteiger partial charge is 0.503 e. The predicted octanol–water partition coefficient (Wildman–Crippen LogP) is 2.47.